The van der Waals surface area contributed by atoms with Crippen molar-refractivity contribution in [2.45, 2.75) is 13.1 Å². The van der Waals surface area contributed by atoms with Gasteiger partial charge < -0.3 is 14.9 Å². The lowest BCUT2D eigenvalue weighted by Gasteiger charge is -2.01. The molecule has 0 amide bonds. The number of carbonyl (C=O) groups is 2. The van der Waals surface area contributed by atoms with Gasteiger partial charge in [0.15, 0.2) is 0 Å². The average molecular weight is 254 g/mol. The molecule has 0 aromatic carbocycles. The number of allylic oxidation sites excluding steroid dienone is 2. The Balaban J connectivity index is 4.79. The second-order valence-corrected chi connectivity index (χ2v) is 2.68. The number of esters is 1. The summed E-state index contributed by atoms with van der Waals surface area (Å²) in [5.74, 6) is -5.87. The molecule has 0 unspecified atom stereocenters. The third-order valence-electron chi connectivity index (χ3n) is 1.33. The normalized spacial score (nSPS) is 13.4. The third-order valence-corrected chi connectivity index (χ3v) is 1.33. The van der Waals surface area contributed by atoms with Crippen molar-refractivity contribution < 1.29 is 37.7 Å². The van der Waals surface area contributed by atoms with Crippen molar-refractivity contribution in [2.75, 3.05) is 6.61 Å². The van der Waals surface area contributed by atoms with E-state index in [9.17, 15) is 22.8 Å². The molecule has 96 valence electrons. The zero-order chi connectivity index (χ0) is 13.6. The van der Waals surface area contributed by atoms with Crippen LogP contribution < -0.4 is 0 Å². The number of alkyl halides is 3. The monoisotopic (exact) mass is 254 g/mol. The van der Waals surface area contributed by atoms with Gasteiger partial charge in [0.2, 0.25) is 5.76 Å². The minimum atomic E-state index is -5.14. The van der Waals surface area contributed by atoms with Gasteiger partial charge in [-0.25, -0.2) is 4.79 Å². The van der Waals surface area contributed by atoms with Crippen LogP contribution in [-0.2, 0) is 14.3 Å². The predicted octanol–water partition coefficient (Wildman–Crippen LogP) is 1.56. The fourth-order valence-electron chi connectivity index (χ4n) is 0.662. The van der Waals surface area contributed by atoms with Crippen molar-refractivity contribution in [2.24, 2.45) is 0 Å². The van der Waals surface area contributed by atoms with Crippen LogP contribution in [0.2, 0.25) is 0 Å². The zero-order valence-corrected chi connectivity index (χ0v) is 8.61. The number of aliphatic hydroxyl groups excluding tert-OH is 2. The summed E-state index contributed by atoms with van der Waals surface area (Å²) in [6.07, 6.45) is -5.03. The molecule has 0 fully saturated rings. The highest BCUT2D eigenvalue weighted by molar-refractivity contribution is 5.95. The van der Waals surface area contributed by atoms with Gasteiger partial charge >= 0.3 is 12.1 Å². The van der Waals surface area contributed by atoms with E-state index in [1.807, 2.05) is 0 Å². The largest absolute Gasteiger partial charge is 0.508 e. The summed E-state index contributed by atoms with van der Waals surface area (Å²) in [7, 11) is 0. The molecular weight excluding hydrogens is 245 g/mol. The van der Waals surface area contributed by atoms with Crippen molar-refractivity contribution in [3.8, 4) is 0 Å². The van der Waals surface area contributed by atoms with Crippen molar-refractivity contribution in [1.82, 2.24) is 0 Å². The Labute approximate surface area is 93.8 Å². The van der Waals surface area contributed by atoms with Crippen molar-refractivity contribution in [1.29, 1.82) is 0 Å². The Morgan fingerprint density at radius 3 is 2.18 bits per heavy atom. The van der Waals surface area contributed by atoms with Gasteiger partial charge in [-0.15, -0.1) is 0 Å². The predicted molar refractivity (Wildman–Crippen MR) is 49.1 cm³/mol. The summed E-state index contributed by atoms with van der Waals surface area (Å²) in [5, 5.41) is 17.8. The van der Waals surface area contributed by atoms with Crippen LogP contribution in [0.3, 0.4) is 0 Å². The average Bonchev–Trinajstić information content (AvgIpc) is 2.16. The fraction of sp³-hybridized carbons (Fsp3) is 0.333. The number of aliphatic hydroxyl groups is 2. The number of rotatable bonds is 4. The minimum Gasteiger partial charge on any atom is -0.508 e. The van der Waals surface area contributed by atoms with Gasteiger partial charge in [-0.1, -0.05) is 0 Å². The molecule has 0 aliphatic rings. The summed E-state index contributed by atoms with van der Waals surface area (Å²) in [6.45, 7) is 1.37. The summed E-state index contributed by atoms with van der Waals surface area (Å²) in [6, 6.07) is 0. The van der Waals surface area contributed by atoms with E-state index in [1.165, 1.54) is 6.92 Å². The lowest BCUT2D eigenvalue weighted by atomic mass is 10.3. The van der Waals surface area contributed by atoms with E-state index in [4.69, 9.17) is 10.2 Å². The third kappa shape index (κ3) is 5.59. The molecule has 0 aromatic rings. The number of ether oxygens (including phenoxy) is 1. The highest BCUT2D eigenvalue weighted by Crippen LogP contribution is 2.17. The van der Waals surface area contributed by atoms with Gasteiger partial charge in [-0.3, -0.25) is 4.79 Å². The van der Waals surface area contributed by atoms with Gasteiger partial charge in [0.25, 0.3) is 5.78 Å². The van der Waals surface area contributed by atoms with Gasteiger partial charge in [-0.05, 0) is 6.92 Å². The maximum atomic E-state index is 11.7. The summed E-state index contributed by atoms with van der Waals surface area (Å²) in [4.78, 5) is 21.1. The maximum Gasteiger partial charge on any atom is 0.454 e. The first kappa shape index (κ1) is 15.0. The Morgan fingerprint density at radius 1 is 1.24 bits per heavy atom. The minimum absolute atomic E-state index is 0.0668. The number of carbonyl (C=O) groups excluding carboxylic acids is 2. The number of hydrogen-bond acceptors (Lipinski definition) is 5. The quantitative estimate of drug-likeness (QED) is 0.344. The van der Waals surface area contributed by atoms with Crippen LogP contribution in [0.15, 0.2) is 23.7 Å². The number of ketones is 1. The van der Waals surface area contributed by atoms with E-state index in [-0.39, 0.29) is 18.8 Å². The maximum absolute atomic E-state index is 11.7. The van der Waals surface area contributed by atoms with E-state index in [2.05, 4.69) is 4.74 Å². The molecule has 0 saturated carbocycles. The van der Waals surface area contributed by atoms with E-state index in [1.54, 1.807) is 0 Å². The van der Waals surface area contributed by atoms with Gasteiger partial charge in [0.05, 0.1) is 6.61 Å². The van der Waals surface area contributed by atoms with E-state index in [0.717, 1.165) is 0 Å². The lowest BCUT2D eigenvalue weighted by Crippen LogP contribution is -2.20. The summed E-state index contributed by atoms with van der Waals surface area (Å²) in [5.41, 5.74) is 0. The second-order valence-electron chi connectivity index (χ2n) is 2.68. The molecule has 0 aliphatic heterocycles. The van der Waals surface area contributed by atoms with Crippen LogP contribution in [0.5, 0.6) is 0 Å². The van der Waals surface area contributed by atoms with Crippen LogP contribution in [0, 0.1) is 0 Å². The molecule has 0 aromatic heterocycles. The molecular formula is C9H9F3O5. The van der Waals surface area contributed by atoms with Crippen LogP contribution in [-0.4, -0.2) is 34.7 Å². The molecule has 0 radical (unpaired) electrons. The summed E-state index contributed by atoms with van der Waals surface area (Å²) < 4.78 is 39.5. The van der Waals surface area contributed by atoms with Crippen molar-refractivity contribution in [3.05, 3.63) is 23.7 Å². The molecule has 0 rings (SSSR count). The highest BCUT2D eigenvalue weighted by Gasteiger charge is 2.36. The van der Waals surface area contributed by atoms with Gasteiger partial charge in [-0.2, -0.15) is 13.2 Å². The number of halogens is 3. The summed E-state index contributed by atoms with van der Waals surface area (Å²) >= 11 is 0. The molecule has 2 N–H and O–H groups in total. The molecule has 17 heavy (non-hydrogen) atoms. The lowest BCUT2D eigenvalue weighted by molar-refractivity contribution is -0.165. The standard InChI is InChI=1S/C9H9F3O5/c1-2-17-8(16)6(14)3-5(13)4-7(15)9(10,11)12/h3-4,13-14H,2H2,1H3/b5-4?,6-3-. The first-order valence-corrected chi connectivity index (χ1v) is 4.28. The second kappa shape index (κ2) is 5.92. The Kier molecular flexibility index (Phi) is 5.23. The van der Waals surface area contributed by atoms with E-state index < -0.39 is 29.4 Å². The van der Waals surface area contributed by atoms with Crippen LogP contribution in [0.1, 0.15) is 6.92 Å². The Hall–Kier alpha value is -1.99. The smallest absolute Gasteiger partial charge is 0.454 e. The topological polar surface area (TPSA) is 83.8 Å². The first-order valence-electron chi connectivity index (χ1n) is 4.28. The van der Waals surface area contributed by atoms with Gasteiger partial charge in [0.1, 0.15) is 5.76 Å². The van der Waals surface area contributed by atoms with Crippen LogP contribution in [0.4, 0.5) is 13.2 Å². The van der Waals surface area contributed by atoms with E-state index in [0.29, 0.717) is 0 Å². The van der Waals surface area contributed by atoms with Crippen LogP contribution in [0.25, 0.3) is 0 Å². The molecule has 0 bridgehead atoms. The van der Waals surface area contributed by atoms with E-state index >= 15 is 0 Å². The van der Waals surface area contributed by atoms with Crippen molar-refractivity contribution in [3.63, 3.8) is 0 Å². The highest BCUT2D eigenvalue weighted by atomic mass is 19.4. The van der Waals surface area contributed by atoms with Crippen LogP contribution >= 0.6 is 0 Å². The molecule has 0 aliphatic carbocycles. The fourth-order valence-corrected chi connectivity index (χ4v) is 0.662. The number of hydrogen-bond donors (Lipinski definition) is 2. The van der Waals surface area contributed by atoms with Gasteiger partial charge in [0, 0.05) is 12.2 Å². The SMILES string of the molecule is CCOC(=O)/C(O)=C/C(O)=CC(=O)C(F)(F)F. The zero-order valence-electron chi connectivity index (χ0n) is 8.61. The Bertz CT molecular complexity index is 367. The molecule has 0 spiro atoms. The molecule has 0 atom stereocenters. The molecule has 0 heterocycles. The Morgan fingerprint density at radius 2 is 1.76 bits per heavy atom. The molecule has 8 heteroatoms. The van der Waals surface area contributed by atoms with Crippen molar-refractivity contribution >= 4 is 11.8 Å². The first-order chi connectivity index (χ1) is 7.68. The molecule has 5 nitrogen and oxygen atoms in total. The molecule has 0 saturated heterocycles.